The summed E-state index contributed by atoms with van der Waals surface area (Å²) < 4.78 is 18.6. The van der Waals surface area contributed by atoms with Crippen LogP contribution in [0.5, 0.6) is 11.5 Å². The number of furan rings is 1. The molecule has 386 valence electrons. The quantitative estimate of drug-likeness (QED) is 0.0812. The van der Waals surface area contributed by atoms with Gasteiger partial charge in [0.05, 0.1) is 57.5 Å². The third-order valence-corrected chi connectivity index (χ3v) is 15.8. The maximum Gasteiger partial charge on any atom is 0.287 e. The Balaban J connectivity index is 0.771. The highest BCUT2D eigenvalue weighted by Gasteiger charge is 2.64. The number of ether oxygens (including phenoxy) is 2. The molecule has 2 saturated heterocycles. The van der Waals surface area contributed by atoms with E-state index in [1.807, 2.05) is 97.0 Å². The van der Waals surface area contributed by atoms with Crippen molar-refractivity contribution in [2.24, 2.45) is 16.2 Å². The summed E-state index contributed by atoms with van der Waals surface area (Å²) in [5.41, 5.74) is 4.13. The van der Waals surface area contributed by atoms with Crippen LogP contribution in [0.25, 0.3) is 21.4 Å². The monoisotopic (exact) mass is 1040 g/mol. The molecule has 3 aliphatic rings. The third-order valence-electron chi connectivity index (χ3n) is 14.5. The van der Waals surface area contributed by atoms with Crippen molar-refractivity contribution in [2.75, 3.05) is 24.5 Å². The summed E-state index contributed by atoms with van der Waals surface area (Å²) in [6.07, 6.45) is 1.72. The minimum absolute atomic E-state index is 0.00634. The molecule has 4 atom stereocenters. The maximum atomic E-state index is 14.4. The number of nitrogens with zero attached hydrogens (tertiary/aromatic N) is 6. The number of hydrogen-bond acceptors (Lipinski definition) is 14. The molecule has 19 heteroatoms. The molecule has 0 unspecified atom stereocenters. The summed E-state index contributed by atoms with van der Waals surface area (Å²) in [5.74, 6) is -0.254. The van der Waals surface area contributed by atoms with Crippen molar-refractivity contribution in [3.8, 4) is 28.0 Å². The first kappa shape index (κ1) is 51.8. The van der Waals surface area contributed by atoms with Gasteiger partial charge >= 0.3 is 0 Å². The number of aliphatic hydroxyl groups excluding tert-OH is 1. The first-order valence-corrected chi connectivity index (χ1v) is 25.8. The number of aryl methyl sites for hydroxylation is 1. The van der Waals surface area contributed by atoms with Crippen molar-refractivity contribution in [1.82, 2.24) is 35.8 Å². The van der Waals surface area contributed by atoms with Crippen LogP contribution in [0, 0.1) is 34.5 Å². The van der Waals surface area contributed by atoms with Gasteiger partial charge in [0.2, 0.25) is 17.8 Å². The molecule has 3 aromatic carbocycles. The number of nitrogens with one attached hydrogen (secondary N) is 3. The molecule has 5 heterocycles. The Morgan fingerprint density at radius 2 is 1.58 bits per heavy atom. The Hall–Kier alpha value is -7.07. The van der Waals surface area contributed by atoms with E-state index in [0.29, 0.717) is 57.7 Å². The fourth-order valence-corrected chi connectivity index (χ4v) is 11.7. The second kappa shape index (κ2) is 20.0. The largest absolute Gasteiger partial charge is 0.489 e. The van der Waals surface area contributed by atoms with Crippen molar-refractivity contribution in [3.05, 3.63) is 118 Å². The normalized spacial score (nSPS) is 20.9. The molecule has 2 aliphatic heterocycles. The fraction of sp³-hybridized carbons (Fsp3) is 0.418. The van der Waals surface area contributed by atoms with Crippen LogP contribution in [0.4, 0.5) is 5.95 Å². The number of likely N-dealkylation sites (tertiary alicyclic amines) is 1. The van der Waals surface area contributed by atoms with Gasteiger partial charge in [-0.25, -0.2) is 15.0 Å². The van der Waals surface area contributed by atoms with E-state index >= 15 is 0 Å². The van der Waals surface area contributed by atoms with Gasteiger partial charge in [0.1, 0.15) is 47.4 Å². The average molecular weight is 1040 g/mol. The number of amides is 4. The zero-order chi connectivity index (χ0) is 53.0. The van der Waals surface area contributed by atoms with Crippen molar-refractivity contribution in [1.29, 1.82) is 5.26 Å². The molecule has 3 fully saturated rings. The molecule has 1 saturated carbocycles. The molecule has 17 nitrogen and oxygen atoms in total. The number of nitriles is 1. The predicted octanol–water partition coefficient (Wildman–Crippen LogP) is 8.04. The number of carbonyl (C=O) groups is 4. The van der Waals surface area contributed by atoms with Gasteiger partial charge in [0.25, 0.3) is 11.8 Å². The first-order chi connectivity index (χ1) is 35.0. The van der Waals surface area contributed by atoms with E-state index < -0.39 is 52.2 Å². The molecular formula is C55H60ClN9O8S. The number of aromatic nitrogens is 3. The van der Waals surface area contributed by atoms with Gasteiger partial charge in [-0.15, -0.1) is 11.3 Å². The molecule has 3 aromatic heterocycles. The minimum atomic E-state index is -1.06. The van der Waals surface area contributed by atoms with Gasteiger partial charge in [-0.05, 0) is 60.7 Å². The molecule has 1 aliphatic carbocycles. The Morgan fingerprint density at radius 3 is 2.22 bits per heavy atom. The van der Waals surface area contributed by atoms with Crippen molar-refractivity contribution >= 4 is 63.5 Å². The highest BCUT2D eigenvalue weighted by atomic mass is 35.5. The Morgan fingerprint density at radius 1 is 0.905 bits per heavy atom. The molecule has 74 heavy (non-hydrogen) atoms. The summed E-state index contributed by atoms with van der Waals surface area (Å²) >= 11 is 7.82. The van der Waals surface area contributed by atoms with Crippen LogP contribution >= 0.6 is 22.9 Å². The van der Waals surface area contributed by atoms with Crippen LogP contribution in [-0.4, -0.2) is 105 Å². The zero-order valence-electron chi connectivity index (χ0n) is 42.7. The highest BCUT2D eigenvalue weighted by molar-refractivity contribution is 7.13. The van der Waals surface area contributed by atoms with E-state index in [1.165, 1.54) is 17.3 Å². The number of fused-ring (bicyclic) bond motifs is 1. The first-order valence-electron chi connectivity index (χ1n) is 24.6. The highest BCUT2D eigenvalue weighted by Crippen LogP contribution is 2.55. The number of anilines is 1. The van der Waals surface area contributed by atoms with Crippen LogP contribution in [-0.2, 0) is 9.59 Å². The SMILES string of the molecule is Cc1ncsc1-c1ccc([C@H](C)NC(=O)[C@@H]2C[C@@H](O)CN2C(=O)[C@@H](NC(=O)c2cc3ccc(OC4CN(c5ncc(C(=O)N[C@H]6C(C)(C)[C@H](Oc7ccc(C#N)c(Cl)c7)C6(C)C)cn5)C4)cc3o2)C(C)(C)C)cc1. The lowest BCUT2D eigenvalue weighted by molar-refractivity contribution is -0.164. The second-order valence-electron chi connectivity index (χ2n) is 21.8. The second-order valence-corrected chi connectivity index (χ2v) is 23.1. The third kappa shape index (κ3) is 10.2. The van der Waals surface area contributed by atoms with Gasteiger partial charge in [-0.1, -0.05) is 84.3 Å². The topological polar surface area (TPSA) is 225 Å². The van der Waals surface area contributed by atoms with Crippen LogP contribution < -0.4 is 30.3 Å². The minimum Gasteiger partial charge on any atom is -0.489 e. The van der Waals surface area contributed by atoms with Crippen molar-refractivity contribution in [3.63, 3.8) is 0 Å². The van der Waals surface area contributed by atoms with Crippen LogP contribution in [0.15, 0.2) is 89.1 Å². The molecule has 6 aromatic rings. The number of β-amino-alcohol motifs (C(OH)–C–C–N with tert-alkyl or cyclic N) is 1. The van der Waals surface area contributed by atoms with Gasteiger partial charge in [0, 0.05) is 59.8 Å². The summed E-state index contributed by atoms with van der Waals surface area (Å²) in [5, 5.41) is 30.0. The number of carbonyl (C=O) groups excluding carboxylic acids is 4. The Labute approximate surface area is 438 Å². The van der Waals surface area contributed by atoms with E-state index in [-0.39, 0.29) is 48.9 Å². The average Bonchev–Trinajstić information content (AvgIpc) is 4.10. The van der Waals surface area contributed by atoms with Gasteiger partial charge in [-0.2, -0.15) is 5.26 Å². The molecular weight excluding hydrogens is 982 g/mol. The number of aliphatic hydroxyl groups is 1. The molecule has 4 N–H and O–H groups in total. The Kier molecular flexibility index (Phi) is 14.0. The van der Waals surface area contributed by atoms with Gasteiger partial charge in [0.15, 0.2) is 5.76 Å². The lowest BCUT2D eigenvalue weighted by atomic mass is 9.49. The maximum absolute atomic E-state index is 14.4. The lowest BCUT2D eigenvalue weighted by Gasteiger charge is -2.63. The fourth-order valence-electron chi connectivity index (χ4n) is 10.7. The van der Waals surface area contributed by atoms with E-state index in [0.717, 1.165) is 21.7 Å². The van der Waals surface area contributed by atoms with Crippen molar-refractivity contribution < 1.29 is 38.2 Å². The summed E-state index contributed by atoms with van der Waals surface area (Å²) in [4.78, 5) is 73.2. The molecule has 0 bridgehead atoms. The molecule has 0 radical (unpaired) electrons. The Bertz CT molecular complexity index is 3140. The van der Waals surface area contributed by atoms with Crippen LogP contribution in [0.3, 0.4) is 0 Å². The smallest absolute Gasteiger partial charge is 0.287 e. The van der Waals surface area contributed by atoms with Crippen LogP contribution in [0.2, 0.25) is 5.02 Å². The van der Waals surface area contributed by atoms with E-state index in [2.05, 4.69) is 37.0 Å². The summed E-state index contributed by atoms with van der Waals surface area (Å²) in [7, 11) is 0. The number of benzene rings is 3. The molecule has 9 rings (SSSR count). The number of halogens is 1. The van der Waals surface area contributed by atoms with E-state index in [1.54, 1.807) is 53.8 Å². The molecule has 4 amide bonds. The molecule has 0 spiro atoms. The lowest BCUT2D eigenvalue weighted by Crippen LogP contribution is -2.74. The van der Waals surface area contributed by atoms with E-state index in [4.69, 9.17) is 25.5 Å². The number of rotatable bonds is 14. The number of thiazole rings is 1. The van der Waals surface area contributed by atoms with E-state index in [9.17, 15) is 29.5 Å². The predicted molar refractivity (Wildman–Crippen MR) is 280 cm³/mol. The standard InChI is InChI=1S/C55H60ClN9O8S/c1-29(31-10-12-32(13-11-31)44-30(2)60-28-74-44)61-47(68)41-19-36(66)25-65(41)49(70)45(53(3,4)5)62-48(69)43-18-33-14-16-38(21-42(33)73-43)71-39-26-64(27-39)52-58-23-35(24-59-52)46(67)63-50-54(6,7)51(55(50,8)9)72-37-17-15-34(22-57)40(56)20-37/h10-18,20-21,23-24,28-29,36,39,41,45,50-51,66H,19,25-27H2,1-9H3,(H,61,68)(H,62,69)(H,63,67)/t29-,36+,41-,45+,50-,51-/m0/s1. The van der Waals surface area contributed by atoms with Gasteiger partial charge in [-0.3, -0.25) is 19.2 Å². The summed E-state index contributed by atoms with van der Waals surface area (Å²) in [6.45, 7) is 18.4. The number of hydrogen-bond donors (Lipinski definition) is 4. The van der Waals surface area contributed by atoms with Crippen molar-refractivity contribution in [2.45, 2.75) is 111 Å². The summed E-state index contributed by atoms with van der Waals surface area (Å²) in [6, 6.07) is 19.2. The zero-order valence-corrected chi connectivity index (χ0v) is 44.3. The van der Waals surface area contributed by atoms with Crippen LogP contribution in [0.1, 0.15) is 106 Å². The van der Waals surface area contributed by atoms with Gasteiger partial charge < -0.3 is 44.7 Å².